The molecule has 0 saturated carbocycles. The molecule has 0 amide bonds. The van der Waals surface area contributed by atoms with Gasteiger partial charge in [-0.3, -0.25) is 0 Å². The van der Waals surface area contributed by atoms with Crippen LogP contribution in [0.2, 0.25) is 0 Å². The maximum atomic E-state index is 6.06. The van der Waals surface area contributed by atoms with Gasteiger partial charge in [-0.1, -0.05) is 29.8 Å². The van der Waals surface area contributed by atoms with E-state index in [4.69, 9.17) is 11.6 Å². The average molecular weight is 207 g/mol. The first-order chi connectivity index (χ1) is 6.66. The third-order valence-corrected chi connectivity index (χ3v) is 3.14. The second-order valence-electron chi connectivity index (χ2n) is 4.06. The van der Waals surface area contributed by atoms with Crippen LogP contribution in [0.4, 0.5) is 0 Å². The van der Waals surface area contributed by atoms with E-state index in [1.807, 2.05) is 0 Å². The molecule has 1 aromatic rings. The van der Waals surface area contributed by atoms with Gasteiger partial charge in [0.2, 0.25) is 0 Å². The molecule has 0 nitrogen and oxygen atoms in total. The van der Waals surface area contributed by atoms with Gasteiger partial charge in [-0.15, -0.1) is 11.6 Å². The van der Waals surface area contributed by atoms with E-state index in [0.717, 1.165) is 12.8 Å². The molecule has 0 radical (unpaired) electrons. The molecule has 1 aliphatic carbocycles. The maximum Gasteiger partial charge on any atom is 0.0525 e. The molecule has 0 fully saturated rings. The molecule has 0 bridgehead atoms. The highest BCUT2D eigenvalue weighted by atomic mass is 35.5. The summed E-state index contributed by atoms with van der Waals surface area (Å²) in [6, 6.07) is 6.62. The monoisotopic (exact) mass is 206 g/mol. The lowest BCUT2D eigenvalue weighted by atomic mass is 9.98. The third-order valence-electron chi connectivity index (χ3n) is 2.80. The van der Waals surface area contributed by atoms with Crippen LogP contribution in [0, 0.1) is 13.8 Å². The van der Waals surface area contributed by atoms with Crippen LogP contribution in [0.3, 0.4) is 0 Å². The molecule has 1 heteroatoms. The topological polar surface area (TPSA) is 0 Å². The van der Waals surface area contributed by atoms with Crippen LogP contribution in [0.1, 0.15) is 29.5 Å². The van der Waals surface area contributed by atoms with E-state index in [9.17, 15) is 0 Å². The van der Waals surface area contributed by atoms with Crippen LogP contribution >= 0.6 is 11.6 Å². The second kappa shape index (κ2) is 3.78. The van der Waals surface area contributed by atoms with Crippen LogP contribution in [0.15, 0.2) is 24.3 Å². The third kappa shape index (κ3) is 1.85. The van der Waals surface area contributed by atoms with Gasteiger partial charge in [0.05, 0.1) is 5.38 Å². The number of aryl methyl sites for hydroxylation is 2. The Balaban J connectivity index is 2.37. The highest BCUT2D eigenvalue weighted by Crippen LogP contribution is 2.32. The van der Waals surface area contributed by atoms with Crippen molar-refractivity contribution >= 4 is 17.2 Å². The van der Waals surface area contributed by atoms with Crippen molar-refractivity contribution in [3.8, 4) is 0 Å². The summed E-state index contributed by atoms with van der Waals surface area (Å²) in [6.07, 6.45) is 4.40. The lowest BCUT2D eigenvalue weighted by Gasteiger charge is -2.07. The molecular weight excluding hydrogens is 192 g/mol. The molecule has 1 atom stereocenters. The van der Waals surface area contributed by atoms with Crippen molar-refractivity contribution in [2.45, 2.75) is 32.1 Å². The summed E-state index contributed by atoms with van der Waals surface area (Å²) >= 11 is 6.06. The molecule has 1 aromatic carbocycles. The second-order valence-corrected chi connectivity index (χ2v) is 4.63. The number of rotatable bonds is 1. The van der Waals surface area contributed by atoms with Crippen LogP contribution in [0.5, 0.6) is 0 Å². The van der Waals surface area contributed by atoms with Gasteiger partial charge in [0.25, 0.3) is 0 Å². The fourth-order valence-corrected chi connectivity index (χ4v) is 2.34. The zero-order chi connectivity index (χ0) is 10.1. The Kier molecular flexibility index (Phi) is 2.64. The van der Waals surface area contributed by atoms with Gasteiger partial charge in [-0.05, 0) is 43.4 Å². The Hall–Kier alpha value is -0.750. The summed E-state index contributed by atoms with van der Waals surface area (Å²) in [7, 11) is 0. The summed E-state index contributed by atoms with van der Waals surface area (Å²) < 4.78 is 0. The zero-order valence-corrected chi connectivity index (χ0v) is 9.43. The van der Waals surface area contributed by atoms with Crippen LogP contribution in [-0.2, 0) is 0 Å². The van der Waals surface area contributed by atoms with Crippen molar-refractivity contribution in [1.29, 1.82) is 0 Å². The van der Waals surface area contributed by atoms with Crippen molar-refractivity contribution in [2.75, 3.05) is 0 Å². The Morgan fingerprint density at radius 2 is 2.07 bits per heavy atom. The average Bonchev–Trinajstić information content (AvgIpc) is 2.51. The summed E-state index contributed by atoms with van der Waals surface area (Å²) in [4.78, 5) is 0. The van der Waals surface area contributed by atoms with Crippen molar-refractivity contribution in [3.63, 3.8) is 0 Å². The largest absolute Gasteiger partial charge is 0.118 e. The highest BCUT2D eigenvalue weighted by molar-refractivity contribution is 6.22. The van der Waals surface area contributed by atoms with Crippen LogP contribution in [0.25, 0.3) is 5.57 Å². The molecule has 74 valence electrons. The number of hydrogen-bond donors (Lipinski definition) is 0. The minimum atomic E-state index is 0.241. The first-order valence-corrected chi connectivity index (χ1v) is 5.53. The van der Waals surface area contributed by atoms with Crippen LogP contribution < -0.4 is 0 Å². The molecule has 0 N–H and O–H groups in total. The number of alkyl halides is 1. The molecule has 0 aromatic heterocycles. The first kappa shape index (κ1) is 9.79. The molecule has 14 heavy (non-hydrogen) atoms. The zero-order valence-electron chi connectivity index (χ0n) is 8.68. The van der Waals surface area contributed by atoms with E-state index >= 15 is 0 Å². The molecule has 0 heterocycles. The van der Waals surface area contributed by atoms with Crippen molar-refractivity contribution < 1.29 is 0 Å². The van der Waals surface area contributed by atoms with Gasteiger partial charge < -0.3 is 0 Å². The lowest BCUT2D eigenvalue weighted by Crippen LogP contribution is -1.87. The van der Waals surface area contributed by atoms with E-state index in [2.05, 4.69) is 38.1 Å². The number of allylic oxidation sites excluding steroid dienone is 2. The SMILES string of the molecule is Cc1ccc(C2=CC(Cl)CC2)c(C)c1. The van der Waals surface area contributed by atoms with Gasteiger partial charge in [0.1, 0.15) is 0 Å². The van der Waals surface area contributed by atoms with Gasteiger partial charge in [-0.25, -0.2) is 0 Å². The van der Waals surface area contributed by atoms with Gasteiger partial charge in [0.15, 0.2) is 0 Å². The molecular formula is C13H15Cl. The fourth-order valence-electron chi connectivity index (χ4n) is 2.08. The number of benzene rings is 1. The first-order valence-electron chi connectivity index (χ1n) is 5.09. The van der Waals surface area contributed by atoms with E-state index in [1.165, 1.54) is 22.3 Å². The molecule has 2 rings (SSSR count). The molecule has 0 spiro atoms. The van der Waals surface area contributed by atoms with E-state index < -0.39 is 0 Å². The lowest BCUT2D eigenvalue weighted by molar-refractivity contribution is 0.941. The van der Waals surface area contributed by atoms with Gasteiger partial charge in [0, 0.05) is 0 Å². The molecule has 0 saturated heterocycles. The maximum absolute atomic E-state index is 6.06. The van der Waals surface area contributed by atoms with Gasteiger partial charge >= 0.3 is 0 Å². The smallest absolute Gasteiger partial charge is 0.0525 e. The van der Waals surface area contributed by atoms with Crippen molar-refractivity contribution in [2.24, 2.45) is 0 Å². The van der Waals surface area contributed by atoms with Crippen molar-refractivity contribution in [3.05, 3.63) is 41.0 Å². The molecule has 1 unspecified atom stereocenters. The predicted octanol–water partition coefficient (Wildman–Crippen LogP) is 4.09. The minimum Gasteiger partial charge on any atom is -0.118 e. The van der Waals surface area contributed by atoms with E-state index in [0.29, 0.717) is 0 Å². The fraction of sp³-hybridized carbons (Fsp3) is 0.385. The Morgan fingerprint density at radius 1 is 1.29 bits per heavy atom. The van der Waals surface area contributed by atoms with Crippen molar-refractivity contribution in [1.82, 2.24) is 0 Å². The van der Waals surface area contributed by atoms with E-state index in [1.54, 1.807) is 0 Å². The summed E-state index contributed by atoms with van der Waals surface area (Å²) in [6.45, 7) is 4.30. The van der Waals surface area contributed by atoms with Gasteiger partial charge in [-0.2, -0.15) is 0 Å². The van der Waals surface area contributed by atoms with Crippen LogP contribution in [-0.4, -0.2) is 5.38 Å². The normalized spacial score (nSPS) is 21.1. The summed E-state index contributed by atoms with van der Waals surface area (Å²) in [5.74, 6) is 0. The Labute approximate surface area is 90.6 Å². The quantitative estimate of drug-likeness (QED) is 0.608. The Bertz CT molecular complexity index is 377. The summed E-state index contributed by atoms with van der Waals surface area (Å²) in [5.41, 5.74) is 5.48. The standard InChI is InChI=1S/C13H15Cl/c1-9-3-6-13(10(2)7-9)11-4-5-12(14)8-11/h3,6-8,12H,4-5H2,1-2H3. The Morgan fingerprint density at radius 3 is 2.64 bits per heavy atom. The minimum absolute atomic E-state index is 0.241. The molecule has 0 aliphatic heterocycles. The molecule has 1 aliphatic rings. The number of halogens is 1. The predicted molar refractivity (Wildman–Crippen MR) is 62.8 cm³/mol. The number of hydrogen-bond acceptors (Lipinski definition) is 0. The highest BCUT2D eigenvalue weighted by Gasteiger charge is 2.15. The summed E-state index contributed by atoms with van der Waals surface area (Å²) in [5, 5.41) is 0.241. The van der Waals surface area contributed by atoms with E-state index in [-0.39, 0.29) is 5.38 Å².